The fourth-order valence-electron chi connectivity index (χ4n) is 1.67. The van der Waals surface area contributed by atoms with E-state index in [4.69, 9.17) is 18.0 Å². The highest BCUT2D eigenvalue weighted by molar-refractivity contribution is 7.80. The van der Waals surface area contributed by atoms with Crippen LogP contribution in [-0.2, 0) is 13.0 Å². The topological polar surface area (TPSA) is 43.8 Å². The number of rotatable bonds is 6. The van der Waals surface area contributed by atoms with Gasteiger partial charge in [0.25, 0.3) is 0 Å². The number of aryl methyl sites for hydroxylation is 2. The molecule has 0 aliphatic rings. The molecule has 0 fully saturated rings. The Balaban J connectivity index is 2.44. The van der Waals surface area contributed by atoms with E-state index in [2.05, 4.69) is 30.3 Å². The minimum absolute atomic E-state index is 0.0394. The van der Waals surface area contributed by atoms with Gasteiger partial charge in [-0.05, 0) is 12.8 Å². The summed E-state index contributed by atoms with van der Waals surface area (Å²) in [5, 5.41) is 0. The summed E-state index contributed by atoms with van der Waals surface area (Å²) >= 11 is 5.05. The first-order valence-electron chi connectivity index (χ1n) is 5.77. The van der Waals surface area contributed by atoms with Gasteiger partial charge in [0, 0.05) is 30.8 Å². The minimum atomic E-state index is -0.0394. The number of hydrogen-bond donors (Lipinski definition) is 1. The van der Waals surface area contributed by atoms with Crippen LogP contribution in [0.1, 0.15) is 39.4 Å². The molecule has 0 saturated heterocycles. The van der Waals surface area contributed by atoms with Crippen molar-refractivity contribution < 1.29 is 0 Å². The summed E-state index contributed by atoms with van der Waals surface area (Å²) in [5.74, 6) is 1.15. The lowest BCUT2D eigenvalue weighted by Gasteiger charge is -2.23. The van der Waals surface area contributed by atoms with Crippen LogP contribution in [0, 0.1) is 5.41 Å². The van der Waals surface area contributed by atoms with E-state index in [0.29, 0.717) is 4.99 Å². The van der Waals surface area contributed by atoms with E-state index in [0.717, 1.165) is 31.6 Å². The third kappa shape index (κ3) is 3.30. The molecule has 90 valence electrons. The van der Waals surface area contributed by atoms with E-state index in [1.54, 1.807) is 0 Å². The van der Waals surface area contributed by atoms with Crippen LogP contribution < -0.4 is 5.73 Å². The average Bonchev–Trinajstić information content (AvgIpc) is 2.64. The van der Waals surface area contributed by atoms with E-state index in [-0.39, 0.29) is 5.41 Å². The van der Waals surface area contributed by atoms with Gasteiger partial charge in [-0.1, -0.05) is 33.0 Å². The lowest BCUT2D eigenvalue weighted by Crippen LogP contribution is -2.29. The second kappa shape index (κ2) is 5.43. The zero-order valence-electron chi connectivity index (χ0n) is 10.4. The maximum Gasteiger partial charge on any atom is 0.108 e. The number of nitrogens with zero attached hydrogens (tertiary/aromatic N) is 2. The Bertz CT molecular complexity index is 355. The zero-order valence-corrected chi connectivity index (χ0v) is 11.2. The van der Waals surface area contributed by atoms with Gasteiger partial charge in [0.1, 0.15) is 5.82 Å². The summed E-state index contributed by atoms with van der Waals surface area (Å²) in [6, 6.07) is 0. The largest absolute Gasteiger partial charge is 0.393 e. The van der Waals surface area contributed by atoms with Crippen molar-refractivity contribution in [2.75, 3.05) is 0 Å². The number of hydrogen-bond acceptors (Lipinski definition) is 2. The van der Waals surface area contributed by atoms with Gasteiger partial charge in [0.15, 0.2) is 0 Å². The highest BCUT2D eigenvalue weighted by Gasteiger charge is 2.20. The number of thiocarbonyl (C=S) groups is 1. The molecule has 0 amide bonds. The van der Waals surface area contributed by atoms with Crippen molar-refractivity contribution in [3.05, 3.63) is 18.2 Å². The molecule has 0 aliphatic carbocycles. The molecule has 2 N–H and O–H groups in total. The molecule has 0 aromatic carbocycles. The molecule has 0 spiro atoms. The number of imidazole rings is 1. The van der Waals surface area contributed by atoms with Crippen molar-refractivity contribution in [1.29, 1.82) is 0 Å². The summed E-state index contributed by atoms with van der Waals surface area (Å²) in [7, 11) is 0. The van der Waals surface area contributed by atoms with Gasteiger partial charge in [-0.15, -0.1) is 0 Å². The van der Waals surface area contributed by atoms with E-state index in [1.165, 1.54) is 0 Å². The van der Waals surface area contributed by atoms with Gasteiger partial charge in [-0.25, -0.2) is 4.98 Å². The van der Waals surface area contributed by atoms with Crippen molar-refractivity contribution in [1.82, 2.24) is 9.55 Å². The maximum atomic E-state index is 5.70. The van der Waals surface area contributed by atoms with Crippen molar-refractivity contribution >= 4 is 17.2 Å². The summed E-state index contributed by atoms with van der Waals surface area (Å²) in [5.41, 5.74) is 5.66. The van der Waals surface area contributed by atoms with Crippen molar-refractivity contribution in [3.8, 4) is 0 Å². The van der Waals surface area contributed by atoms with Gasteiger partial charge in [-0.3, -0.25) is 0 Å². The van der Waals surface area contributed by atoms with Crippen LogP contribution in [0.5, 0.6) is 0 Å². The molecule has 0 aliphatic heterocycles. The van der Waals surface area contributed by atoms with Crippen LogP contribution >= 0.6 is 12.2 Å². The molecule has 1 aromatic heterocycles. The van der Waals surface area contributed by atoms with Gasteiger partial charge in [-0.2, -0.15) is 0 Å². The number of aromatic nitrogens is 2. The quantitative estimate of drug-likeness (QED) is 0.776. The first-order chi connectivity index (χ1) is 7.47. The Morgan fingerprint density at radius 1 is 1.56 bits per heavy atom. The summed E-state index contributed by atoms with van der Waals surface area (Å²) in [6.45, 7) is 7.32. The van der Waals surface area contributed by atoms with Crippen LogP contribution in [-0.4, -0.2) is 14.5 Å². The second-order valence-corrected chi connectivity index (χ2v) is 5.18. The van der Waals surface area contributed by atoms with Crippen molar-refractivity contribution in [3.63, 3.8) is 0 Å². The Morgan fingerprint density at radius 3 is 2.81 bits per heavy atom. The van der Waals surface area contributed by atoms with Gasteiger partial charge < -0.3 is 10.3 Å². The zero-order chi connectivity index (χ0) is 12.2. The Kier molecular flexibility index (Phi) is 4.47. The van der Waals surface area contributed by atoms with Crippen LogP contribution in [0.4, 0.5) is 0 Å². The molecular weight excluding hydrogens is 218 g/mol. The monoisotopic (exact) mass is 239 g/mol. The second-order valence-electron chi connectivity index (χ2n) is 4.74. The Hall–Kier alpha value is -0.900. The molecule has 1 heterocycles. The fraction of sp³-hybridized carbons (Fsp3) is 0.667. The highest BCUT2D eigenvalue weighted by atomic mass is 32.1. The van der Waals surface area contributed by atoms with E-state index in [1.807, 2.05) is 12.4 Å². The fourth-order valence-corrected chi connectivity index (χ4v) is 1.77. The lowest BCUT2D eigenvalue weighted by molar-refractivity contribution is 0.433. The first kappa shape index (κ1) is 13.2. The standard InChI is InChI=1S/C12H21N3S/c1-4-10-14-7-9-15(10)8-5-6-12(2,3)11(13)16/h7,9H,4-6,8H2,1-3H3,(H2,13,16). The van der Waals surface area contributed by atoms with E-state index in [9.17, 15) is 0 Å². The lowest BCUT2D eigenvalue weighted by atomic mass is 9.88. The predicted octanol–water partition coefficient (Wildman–Crippen LogP) is 2.54. The molecular formula is C12H21N3S. The molecule has 1 aromatic rings. The van der Waals surface area contributed by atoms with Gasteiger partial charge in [0.05, 0.1) is 4.99 Å². The van der Waals surface area contributed by atoms with E-state index < -0.39 is 0 Å². The van der Waals surface area contributed by atoms with Crippen LogP contribution in [0.2, 0.25) is 0 Å². The molecule has 0 atom stereocenters. The van der Waals surface area contributed by atoms with E-state index >= 15 is 0 Å². The highest BCUT2D eigenvalue weighted by Crippen LogP contribution is 2.23. The Labute approximate surface area is 103 Å². The smallest absolute Gasteiger partial charge is 0.108 e. The molecule has 1 rings (SSSR count). The number of nitrogens with two attached hydrogens (primary N) is 1. The third-order valence-electron chi connectivity index (χ3n) is 2.99. The molecule has 3 nitrogen and oxygen atoms in total. The average molecular weight is 239 g/mol. The first-order valence-corrected chi connectivity index (χ1v) is 6.18. The molecule has 4 heteroatoms. The predicted molar refractivity (Wildman–Crippen MR) is 71.4 cm³/mol. The van der Waals surface area contributed by atoms with Crippen LogP contribution in [0.25, 0.3) is 0 Å². The minimum Gasteiger partial charge on any atom is -0.393 e. The molecule has 0 bridgehead atoms. The summed E-state index contributed by atoms with van der Waals surface area (Å²) < 4.78 is 2.20. The van der Waals surface area contributed by atoms with Crippen LogP contribution in [0.3, 0.4) is 0 Å². The SMILES string of the molecule is CCc1nccn1CCCC(C)(C)C(N)=S. The van der Waals surface area contributed by atoms with Crippen LogP contribution in [0.15, 0.2) is 12.4 Å². The molecule has 0 saturated carbocycles. The van der Waals surface area contributed by atoms with Gasteiger partial charge in [0.2, 0.25) is 0 Å². The molecule has 0 unspecified atom stereocenters. The summed E-state index contributed by atoms with van der Waals surface area (Å²) in [6.07, 6.45) is 6.97. The molecule has 0 radical (unpaired) electrons. The van der Waals surface area contributed by atoms with Crippen molar-refractivity contribution in [2.45, 2.75) is 46.6 Å². The molecule has 16 heavy (non-hydrogen) atoms. The maximum absolute atomic E-state index is 5.70. The normalized spacial score (nSPS) is 11.7. The van der Waals surface area contributed by atoms with Gasteiger partial charge >= 0.3 is 0 Å². The summed E-state index contributed by atoms with van der Waals surface area (Å²) in [4.78, 5) is 4.90. The third-order valence-corrected chi connectivity index (χ3v) is 3.54. The Morgan fingerprint density at radius 2 is 2.25 bits per heavy atom. The van der Waals surface area contributed by atoms with Crippen molar-refractivity contribution in [2.24, 2.45) is 11.1 Å².